The molecule has 2 unspecified atom stereocenters. The van der Waals surface area contributed by atoms with Crippen molar-refractivity contribution >= 4 is 39.5 Å². The molecule has 89 heavy (non-hydrogen) atoms. The maximum atomic E-state index is 13.0. The zero-order valence-corrected chi connectivity index (χ0v) is 59.4. The van der Waals surface area contributed by atoms with Gasteiger partial charge in [0.1, 0.15) is 19.3 Å². The number of carbonyl (C=O) groups is 4. The van der Waals surface area contributed by atoms with Crippen molar-refractivity contribution < 1.29 is 80.2 Å². The summed E-state index contributed by atoms with van der Waals surface area (Å²) in [5, 5.41) is 10.5. The van der Waals surface area contributed by atoms with Crippen LogP contribution in [0.1, 0.15) is 362 Å². The number of rotatable bonds is 70. The maximum absolute atomic E-state index is 13.0. The van der Waals surface area contributed by atoms with Crippen LogP contribution in [-0.4, -0.2) is 96.7 Å². The molecular weight excluding hydrogens is 1170 g/mol. The summed E-state index contributed by atoms with van der Waals surface area (Å²) >= 11 is 0. The van der Waals surface area contributed by atoms with Crippen LogP contribution in [0, 0.1) is 5.92 Å². The van der Waals surface area contributed by atoms with Gasteiger partial charge in [-0.3, -0.25) is 37.3 Å². The molecule has 0 aromatic heterocycles. The van der Waals surface area contributed by atoms with E-state index in [4.69, 9.17) is 37.0 Å². The van der Waals surface area contributed by atoms with E-state index in [-0.39, 0.29) is 25.7 Å². The number of phosphoric ester groups is 2. The average molecular weight is 1310 g/mol. The van der Waals surface area contributed by atoms with E-state index in [1.54, 1.807) is 0 Å². The smallest absolute Gasteiger partial charge is 0.462 e. The zero-order valence-electron chi connectivity index (χ0n) is 57.6. The first-order valence-electron chi connectivity index (χ1n) is 36.6. The molecule has 0 radical (unpaired) electrons. The molecule has 5 atom stereocenters. The van der Waals surface area contributed by atoms with Crippen molar-refractivity contribution in [3.8, 4) is 0 Å². The lowest BCUT2D eigenvalue weighted by molar-refractivity contribution is -0.161. The Kier molecular flexibility index (Phi) is 62.1. The molecule has 0 aromatic carbocycles. The molecule has 0 fully saturated rings. The number of aliphatic hydroxyl groups is 1. The quantitative estimate of drug-likeness (QED) is 0.0222. The number of aliphatic hydroxyl groups excluding tert-OH is 1. The minimum atomic E-state index is -4.95. The van der Waals surface area contributed by atoms with Crippen LogP contribution >= 0.6 is 15.6 Å². The third-order valence-electron chi connectivity index (χ3n) is 16.3. The van der Waals surface area contributed by atoms with E-state index in [1.807, 2.05) is 0 Å². The third-order valence-corrected chi connectivity index (χ3v) is 18.2. The number of hydrogen-bond donors (Lipinski definition) is 3. The van der Waals surface area contributed by atoms with Crippen molar-refractivity contribution in [2.75, 3.05) is 39.6 Å². The van der Waals surface area contributed by atoms with E-state index in [0.717, 1.165) is 109 Å². The van der Waals surface area contributed by atoms with Crippen LogP contribution in [0.25, 0.3) is 0 Å². The van der Waals surface area contributed by atoms with Gasteiger partial charge in [-0.1, -0.05) is 311 Å². The lowest BCUT2D eigenvalue weighted by Gasteiger charge is -2.21. The lowest BCUT2D eigenvalue weighted by atomic mass is 10.0. The van der Waals surface area contributed by atoms with Gasteiger partial charge in [0.25, 0.3) is 0 Å². The summed E-state index contributed by atoms with van der Waals surface area (Å²) in [6.07, 6.45) is 50.5. The van der Waals surface area contributed by atoms with Crippen LogP contribution in [0.5, 0.6) is 0 Å². The number of esters is 4. The fourth-order valence-electron chi connectivity index (χ4n) is 10.6. The molecule has 0 aliphatic heterocycles. The second-order valence-corrected chi connectivity index (χ2v) is 28.7. The summed E-state index contributed by atoms with van der Waals surface area (Å²) in [7, 11) is -9.88. The molecule has 0 heterocycles. The molecular formula is C70H136O17P2. The highest BCUT2D eigenvalue weighted by Crippen LogP contribution is 2.45. The van der Waals surface area contributed by atoms with Gasteiger partial charge in [-0.15, -0.1) is 0 Å². The van der Waals surface area contributed by atoms with E-state index < -0.39 is 97.5 Å². The molecule has 0 amide bonds. The fraction of sp³-hybridized carbons (Fsp3) is 0.943. The van der Waals surface area contributed by atoms with Gasteiger partial charge in [-0.05, 0) is 31.6 Å². The molecule has 0 saturated carbocycles. The largest absolute Gasteiger partial charge is 0.472 e. The lowest BCUT2D eigenvalue weighted by Crippen LogP contribution is -2.30. The summed E-state index contributed by atoms with van der Waals surface area (Å²) in [6, 6.07) is 0. The summed E-state index contributed by atoms with van der Waals surface area (Å²) in [5.41, 5.74) is 0. The molecule has 528 valence electrons. The Labute approximate surface area is 543 Å². The highest BCUT2D eigenvalue weighted by molar-refractivity contribution is 7.47. The van der Waals surface area contributed by atoms with Crippen molar-refractivity contribution in [1.82, 2.24) is 0 Å². The van der Waals surface area contributed by atoms with Crippen LogP contribution in [0.4, 0.5) is 0 Å². The summed E-state index contributed by atoms with van der Waals surface area (Å²) in [4.78, 5) is 72.1. The molecule has 0 aliphatic rings. The Bertz CT molecular complexity index is 1720. The first kappa shape index (κ1) is 87.1. The van der Waals surface area contributed by atoms with Crippen LogP contribution in [0.15, 0.2) is 0 Å². The number of hydrogen-bond acceptors (Lipinski definition) is 15. The summed E-state index contributed by atoms with van der Waals surface area (Å²) in [6.45, 7) is 7.16. The van der Waals surface area contributed by atoms with Gasteiger partial charge in [0.15, 0.2) is 12.2 Å². The van der Waals surface area contributed by atoms with E-state index in [2.05, 4.69) is 34.6 Å². The minimum absolute atomic E-state index is 0.104. The first-order valence-corrected chi connectivity index (χ1v) is 39.6. The van der Waals surface area contributed by atoms with Gasteiger partial charge >= 0.3 is 39.5 Å². The van der Waals surface area contributed by atoms with E-state index in [9.17, 15) is 43.2 Å². The van der Waals surface area contributed by atoms with Gasteiger partial charge in [0.2, 0.25) is 0 Å². The van der Waals surface area contributed by atoms with Crippen LogP contribution < -0.4 is 0 Å². The minimum Gasteiger partial charge on any atom is -0.462 e. The van der Waals surface area contributed by atoms with E-state index >= 15 is 0 Å². The van der Waals surface area contributed by atoms with Crippen molar-refractivity contribution in [2.45, 2.75) is 380 Å². The van der Waals surface area contributed by atoms with Crippen LogP contribution in [0.3, 0.4) is 0 Å². The average Bonchev–Trinajstić information content (AvgIpc) is 3.65. The van der Waals surface area contributed by atoms with Crippen LogP contribution in [0.2, 0.25) is 0 Å². The second-order valence-electron chi connectivity index (χ2n) is 25.7. The second kappa shape index (κ2) is 63.5. The maximum Gasteiger partial charge on any atom is 0.472 e. The topological polar surface area (TPSA) is 237 Å². The highest BCUT2D eigenvalue weighted by atomic mass is 31.2. The first-order chi connectivity index (χ1) is 43.0. The Morgan fingerprint density at radius 3 is 0.764 bits per heavy atom. The number of ether oxygens (including phenoxy) is 4. The highest BCUT2D eigenvalue weighted by Gasteiger charge is 2.30. The van der Waals surface area contributed by atoms with Gasteiger partial charge in [0, 0.05) is 25.7 Å². The molecule has 0 saturated heterocycles. The van der Waals surface area contributed by atoms with E-state index in [0.29, 0.717) is 25.7 Å². The van der Waals surface area contributed by atoms with Crippen molar-refractivity contribution in [3.05, 3.63) is 0 Å². The third kappa shape index (κ3) is 64.6. The SMILES string of the molecule is CCCCCCCCCCCCCCCCCCCC(=O)OC[C@H](COP(=O)(O)OC[C@@H](O)COP(=O)(O)OC[C@@H](COC(=O)CCCCCCC)OC(=O)CCCCCCCCCC)OC(=O)CCCCCCCCCCCCCCCCCCC(C)C. The number of unbranched alkanes of at least 4 members (excludes halogenated alkanes) is 42. The molecule has 0 aliphatic carbocycles. The van der Waals surface area contributed by atoms with Gasteiger partial charge < -0.3 is 33.8 Å². The predicted molar refractivity (Wildman–Crippen MR) is 358 cm³/mol. The Morgan fingerprint density at radius 1 is 0.303 bits per heavy atom. The molecule has 19 heteroatoms. The van der Waals surface area contributed by atoms with Gasteiger partial charge in [-0.25, -0.2) is 9.13 Å². The van der Waals surface area contributed by atoms with Gasteiger partial charge in [-0.2, -0.15) is 0 Å². The number of phosphoric acid groups is 2. The van der Waals surface area contributed by atoms with Crippen molar-refractivity contribution in [1.29, 1.82) is 0 Å². The number of carbonyl (C=O) groups excluding carboxylic acids is 4. The Balaban J connectivity index is 5.11. The molecule has 0 bridgehead atoms. The van der Waals surface area contributed by atoms with E-state index in [1.165, 1.54) is 173 Å². The van der Waals surface area contributed by atoms with Crippen molar-refractivity contribution in [3.63, 3.8) is 0 Å². The molecule has 0 aromatic rings. The standard InChI is InChI=1S/C70H136O17P2/c1-6-9-12-15-17-19-20-21-22-23-27-30-33-36-40-44-49-54-68(73)81-60-66(87-70(75)56-51-46-41-37-34-31-28-25-24-26-29-32-35-38-43-47-52-63(4)5)62-85-89(78,79)83-58-64(71)57-82-88(76,77)84-61-65(59-80-67(72)53-48-42-14-11-8-3)86-69(74)55-50-45-39-18-16-13-10-7-2/h63-66,71H,6-62H2,1-5H3,(H,76,77)(H,78,79)/t64-,65+,66+/m0/s1. The normalized spacial score (nSPS) is 14.1. The van der Waals surface area contributed by atoms with Crippen LogP contribution in [-0.2, 0) is 65.4 Å². The molecule has 0 spiro atoms. The summed E-state index contributed by atoms with van der Waals surface area (Å²) in [5.74, 6) is -1.33. The molecule has 17 nitrogen and oxygen atoms in total. The monoisotopic (exact) mass is 1310 g/mol. The molecule has 0 rings (SSSR count). The Morgan fingerprint density at radius 2 is 0.517 bits per heavy atom. The zero-order chi connectivity index (χ0) is 65.6. The predicted octanol–water partition coefficient (Wildman–Crippen LogP) is 20.1. The van der Waals surface area contributed by atoms with Crippen molar-refractivity contribution in [2.24, 2.45) is 5.92 Å². The van der Waals surface area contributed by atoms with Gasteiger partial charge in [0.05, 0.1) is 26.4 Å². The Hall–Kier alpha value is -1.94. The fourth-order valence-corrected chi connectivity index (χ4v) is 12.2. The summed E-state index contributed by atoms with van der Waals surface area (Å²) < 4.78 is 68.0. The molecule has 3 N–H and O–H groups in total.